The van der Waals surface area contributed by atoms with Crippen LogP contribution in [0.25, 0.3) is 117 Å². The first kappa shape index (κ1) is 52.5. The maximum atomic E-state index is 5.83. The zero-order valence-corrected chi connectivity index (χ0v) is 51.0. The summed E-state index contributed by atoms with van der Waals surface area (Å²) in [5, 5.41) is 0. The Morgan fingerprint density at radius 2 is 0.585 bits per heavy atom. The van der Waals surface area contributed by atoms with E-state index in [4.69, 9.17) is 15.0 Å². The Morgan fingerprint density at radius 3 is 1.01 bits per heavy atom. The fraction of sp³-hybridized carbons (Fsp3) is 0.0225. The molecular formula is C89H55N5. The van der Waals surface area contributed by atoms with E-state index in [0.717, 1.165) is 89.8 Å². The number of rotatable bonds is 8. The summed E-state index contributed by atoms with van der Waals surface area (Å²) in [7, 11) is 0. The van der Waals surface area contributed by atoms with Gasteiger partial charge < -0.3 is 9.30 Å². The van der Waals surface area contributed by atoms with Crippen molar-refractivity contribution < 1.29 is 0 Å². The molecule has 0 unspecified atom stereocenters. The van der Waals surface area contributed by atoms with Gasteiger partial charge in [0.05, 0.1) is 38.9 Å². The van der Waals surface area contributed by atoms with Crippen molar-refractivity contribution in [1.29, 1.82) is 0 Å². The molecule has 13 aromatic carbocycles. The van der Waals surface area contributed by atoms with Crippen LogP contribution >= 0.6 is 0 Å². The first-order chi connectivity index (χ1) is 46.6. The lowest BCUT2D eigenvalue weighted by Gasteiger charge is -2.31. The zero-order valence-electron chi connectivity index (χ0n) is 51.0. The number of para-hydroxylation sites is 1. The van der Waals surface area contributed by atoms with Gasteiger partial charge in [-0.05, 0) is 184 Å². The highest BCUT2D eigenvalue weighted by atomic mass is 15.1. The molecule has 0 bridgehead atoms. The Hall–Kier alpha value is -12.3. The quantitative estimate of drug-likeness (QED) is 0.152. The SMILES string of the molecule is c1ccc(-c2nc3cc(-c4ccc5c(c4)C4(c6ccccc6-c6ccccc64)c4ccccc4-5)c(-c4ccc5c(c4)C4(c6ccccc6-c6ccccc64)c4ccccc4-5)cc3nc2-c2ccc(N(c3ccccc3)c3ccc(-c4cn5ccccc5n4)cc3)cc2)cc1. The minimum absolute atomic E-state index is 0.522. The number of aromatic nitrogens is 4. The van der Waals surface area contributed by atoms with Crippen LogP contribution in [-0.2, 0) is 10.8 Å². The maximum Gasteiger partial charge on any atom is 0.137 e. The minimum Gasteiger partial charge on any atom is -0.311 e. The van der Waals surface area contributed by atoms with Crippen LogP contribution in [0.2, 0.25) is 0 Å². The molecule has 0 atom stereocenters. The smallest absolute Gasteiger partial charge is 0.137 e. The topological polar surface area (TPSA) is 46.3 Å². The Labute approximate surface area is 544 Å². The Bertz CT molecular complexity index is 5650. The highest BCUT2D eigenvalue weighted by Gasteiger charge is 2.53. The van der Waals surface area contributed by atoms with Crippen molar-refractivity contribution in [3.8, 4) is 101 Å². The Kier molecular flexibility index (Phi) is 11.2. The molecule has 0 aliphatic heterocycles. The summed E-state index contributed by atoms with van der Waals surface area (Å²) in [5.74, 6) is 0. The Balaban J connectivity index is 0.795. The van der Waals surface area contributed by atoms with Crippen molar-refractivity contribution in [3.05, 3.63) is 378 Å². The normalized spacial score (nSPS) is 13.5. The van der Waals surface area contributed by atoms with Gasteiger partial charge >= 0.3 is 0 Å². The lowest BCUT2D eigenvalue weighted by atomic mass is 9.70. The number of hydrogen-bond acceptors (Lipinski definition) is 4. The summed E-state index contributed by atoms with van der Waals surface area (Å²) in [6.45, 7) is 0. The van der Waals surface area contributed by atoms with Gasteiger partial charge in [-0.1, -0.05) is 249 Å². The van der Waals surface area contributed by atoms with Crippen molar-refractivity contribution in [3.63, 3.8) is 0 Å². The fourth-order valence-electron chi connectivity index (χ4n) is 16.8. The van der Waals surface area contributed by atoms with Crippen LogP contribution in [0.1, 0.15) is 44.5 Å². The molecule has 94 heavy (non-hydrogen) atoms. The van der Waals surface area contributed by atoms with Gasteiger partial charge in [0.2, 0.25) is 0 Å². The summed E-state index contributed by atoms with van der Waals surface area (Å²) < 4.78 is 2.06. The number of nitrogens with zero attached hydrogens (tertiary/aromatic N) is 5. The van der Waals surface area contributed by atoms with Crippen molar-refractivity contribution in [1.82, 2.24) is 19.4 Å². The van der Waals surface area contributed by atoms with E-state index in [1.807, 2.05) is 24.4 Å². The molecule has 2 spiro atoms. The lowest BCUT2D eigenvalue weighted by Crippen LogP contribution is -2.25. The van der Waals surface area contributed by atoms with E-state index in [-0.39, 0.29) is 0 Å². The van der Waals surface area contributed by atoms with Crippen molar-refractivity contribution in [2.75, 3.05) is 4.90 Å². The summed E-state index contributed by atoms with van der Waals surface area (Å²) in [4.78, 5) is 18.9. The monoisotopic (exact) mass is 1190 g/mol. The second-order valence-corrected chi connectivity index (χ2v) is 25.3. The van der Waals surface area contributed by atoms with Crippen molar-refractivity contribution in [2.45, 2.75) is 10.8 Å². The molecule has 0 fully saturated rings. The van der Waals surface area contributed by atoms with Crippen LogP contribution in [-0.4, -0.2) is 19.4 Å². The maximum absolute atomic E-state index is 5.83. The molecule has 4 aliphatic rings. The zero-order chi connectivity index (χ0) is 61.6. The molecule has 436 valence electrons. The molecule has 0 amide bonds. The van der Waals surface area contributed by atoms with Gasteiger partial charge in [-0.3, -0.25) is 0 Å². The van der Waals surface area contributed by atoms with Gasteiger partial charge in [-0.15, -0.1) is 0 Å². The number of benzene rings is 13. The molecule has 0 N–H and O–H groups in total. The third-order valence-corrected chi connectivity index (χ3v) is 20.7. The van der Waals surface area contributed by atoms with Crippen molar-refractivity contribution >= 4 is 33.7 Å². The van der Waals surface area contributed by atoms with E-state index in [1.165, 1.54) is 89.0 Å². The van der Waals surface area contributed by atoms with Gasteiger partial charge in [0.15, 0.2) is 0 Å². The second-order valence-electron chi connectivity index (χ2n) is 25.3. The third kappa shape index (κ3) is 7.37. The molecule has 3 aromatic heterocycles. The van der Waals surface area contributed by atoms with Crippen LogP contribution in [0.4, 0.5) is 17.1 Å². The molecular weight excluding hydrogens is 1140 g/mol. The predicted octanol–water partition coefficient (Wildman–Crippen LogP) is 21.8. The average Bonchev–Trinajstić information content (AvgIpc) is 1.53. The number of imidazole rings is 1. The summed E-state index contributed by atoms with van der Waals surface area (Å²) in [5.41, 5.74) is 35.3. The standard InChI is InChI=1S/C89H55N5/c1-3-21-57(22-4-1)86-87(58-40-46-63(47-41-58)94(61-23-5-2-6-24-61)62-44-38-56(39-45-62)84-55-93-50-20-19-37-85(93)90-84)92-83-54-73(60-43-49-71-69-30-12-18-36-79(69)89(81(71)52-60)76-33-15-9-27-66(76)67-28-10-16-34-77(67)89)72(53-82(83)91-86)59-42-48-70-68-29-11-17-35-78(68)88(80(70)51-59)74-31-13-7-25-64(74)65-26-8-14-32-75(65)88/h1-55H. The average molecular weight is 1190 g/mol. The molecule has 3 heterocycles. The molecule has 5 heteroatoms. The molecule has 16 aromatic rings. The molecule has 0 saturated heterocycles. The highest BCUT2D eigenvalue weighted by Crippen LogP contribution is 2.65. The fourth-order valence-corrected chi connectivity index (χ4v) is 16.8. The van der Waals surface area contributed by atoms with Gasteiger partial charge in [-0.2, -0.15) is 0 Å². The van der Waals surface area contributed by atoms with Gasteiger partial charge in [0.25, 0.3) is 0 Å². The molecule has 5 nitrogen and oxygen atoms in total. The van der Waals surface area contributed by atoms with E-state index < -0.39 is 10.8 Å². The van der Waals surface area contributed by atoms with Gasteiger partial charge in [-0.25, -0.2) is 15.0 Å². The van der Waals surface area contributed by atoms with Gasteiger partial charge in [0.1, 0.15) is 5.65 Å². The Morgan fingerprint density at radius 1 is 0.245 bits per heavy atom. The summed E-state index contributed by atoms with van der Waals surface area (Å²) in [6, 6.07) is 118. The number of hydrogen-bond donors (Lipinski definition) is 0. The van der Waals surface area contributed by atoms with Gasteiger partial charge in [0, 0.05) is 46.1 Å². The molecule has 4 aliphatic carbocycles. The largest absolute Gasteiger partial charge is 0.311 e. The summed E-state index contributed by atoms with van der Waals surface area (Å²) >= 11 is 0. The van der Waals surface area contributed by atoms with Crippen LogP contribution in [0.15, 0.2) is 334 Å². The van der Waals surface area contributed by atoms with Crippen LogP contribution in [0, 0.1) is 0 Å². The van der Waals surface area contributed by atoms with Crippen molar-refractivity contribution in [2.24, 2.45) is 0 Å². The van der Waals surface area contributed by atoms with E-state index in [2.05, 4.69) is 319 Å². The minimum atomic E-state index is -0.527. The second kappa shape index (κ2) is 20.1. The molecule has 0 radical (unpaired) electrons. The highest BCUT2D eigenvalue weighted by molar-refractivity contribution is 6.02. The number of anilines is 3. The van der Waals surface area contributed by atoms with E-state index in [0.29, 0.717) is 0 Å². The number of fused-ring (bicyclic) bond motifs is 22. The summed E-state index contributed by atoms with van der Waals surface area (Å²) in [6.07, 6.45) is 4.12. The number of pyridine rings is 1. The predicted molar refractivity (Wildman–Crippen MR) is 383 cm³/mol. The molecule has 0 saturated carbocycles. The van der Waals surface area contributed by atoms with Crippen LogP contribution in [0.5, 0.6) is 0 Å². The third-order valence-electron chi connectivity index (χ3n) is 20.7. The van der Waals surface area contributed by atoms with Crippen LogP contribution in [0.3, 0.4) is 0 Å². The van der Waals surface area contributed by atoms with E-state index in [9.17, 15) is 0 Å². The van der Waals surface area contributed by atoms with Crippen LogP contribution < -0.4 is 4.90 Å². The molecule has 20 rings (SSSR count). The van der Waals surface area contributed by atoms with E-state index in [1.54, 1.807) is 0 Å². The first-order valence-electron chi connectivity index (χ1n) is 32.4. The van der Waals surface area contributed by atoms with E-state index >= 15 is 0 Å². The first-order valence-corrected chi connectivity index (χ1v) is 32.4. The lowest BCUT2D eigenvalue weighted by molar-refractivity contribution is 0.794.